The van der Waals surface area contributed by atoms with Crippen LogP contribution in [0.2, 0.25) is 0 Å². The van der Waals surface area contributed by atoms with Crippen LogP contribution in [0.15, 0.2) is 99.9 Å². The molecule has 0 N–H and O–H groups in total. The molecule has 32 heavy (non-hydrogen) atoms. The molecule has 0 fully saturated rings. The first-order chi connectivity index (χ1) is 15.2. The number of hydrogen-bond donors (Lipinski definition) is 0. The Hall–Kier alpha value is -2.78. The average Bonchev–Trinajstić information content (AvgIpc) is 2.79. The molecule has 0 spiro atoms. The van der Waals surface area contributed by atoms with E-state index in [0.717, 1.165) is 44.0 Å². The molecule has 0 saturated carbocycles. The second-order valence-corrected chi connectivity index (χ2v) is 8.23. The Kier molecular flexibility index (Phi) is 7.98. The highest BCUT2D eigenvalue weighted by Crippen LogP contribution is 2.33. The Morgan fingerprint density at radius 2 is 1.12 bits per heavy atom. The maximum absolute atomic E-state index is 8.49. The van der Waals surface area contributed by atoms with E-state index in [2.05, 4.69) is 52.3 Å². The van der Waals surface area contributed by atoms with E-state index in [1.807, 2.05) is 54.6 Å². The van der Waals surface area contributed by atoms with Crippen LogP contribution in [-0.4, -0.2) is 7.11 Å². The molecule has 0 aliphatic rings. The van der Waals surface area contributed by atoms with Crippen molar-refractivity contribution in [1.82, 2.24) is 0 Å². The fourth-order valence-electron chi connectivity index (χ4n) is 2.95. The second-order valence-electron chi connectivity index (χ2n) is 6.55. The molecule has 0 aliphatic heterocycles. The molecule has 1 aromatic heterocycles. The molecule has 0 aliphatic carbocycles. The second kappa shape index (κ2) is 10.7. The van der Waals surface area contributed by atoms with Gasteiger partial charge in [-0.05, 0) is 54.1 Å². The van der Waals surface area contributed by atoms with Gasteiger partial charge in [0.05, 0.1) is 30.4 Å². The summed E-state index contributed by atoms with van der Waals surface area (Å²) >= 11 is 3.49. The summed E-state index contributed by atoms with van der Waals surface area (Å²) in [6.45, 7) is 0. The summed E-state index contributed by atoms with van der Waals surface area (Å²) in [5.74, 6) is 2.47. The van der Waals surface area contributed by atoms with Gasteiger partial charge in [-0.15, -0.1) is 10.2 Å². The first kappa shape index (κ1) is 23.9. The Balaban J connectivity index is 0.000000523. The summed E-state index contributed by atoms with van der Waals surface area (Å²) in [4.78, 5) is 0. The number of hydrogen-bond acceptors (Lipinski definition) is 5. The van der Waals surface area contributed by atoms with Crippen molar-refractivity contribution in [2.45, 2.75) is 0 Å². The van der Waals surface area contributed by atoms with Gasteiger partial charge in [0.25, 0.3) is 0 Å². The Morgan fingerprint density at radius 3 is 1.59 bits per heavy atom. The third-order valence-corrected chi connectivity index (χ3v) is 4.93. The highest BCUT2D eigenvalue weighted by Gasteiger charge is 2.20. The summed E-state index contributed by atoms with van der Waals surface area (Å²) in [6, 6.07) is 30.6. The summed E-state index contributed by atoms with van der Waals surface area (Å²) < 4.78 is 46.6. The molecule has 3 aromatic carbocycles. The van der Waals surface area contributed by atoms with Crippen LogP contribution in [0, 0.1) is 10.2 Å². The zero-order chi connectivity index (χ0) is 23.1. The Labute approximate surface area is 195 Å². The minimum atomic E-state index is -4.94. The molecule has 0 unspecified atom stereocenters. The van der Waals surface area contributed by atoms with Gasteiger partial charge in [-0.3, -0.25) is 0 Å². The number of rotatable bonds is 4. The zero-order valence-electron chi connectivity index (χ0n) is 16.9. The molecule has 6 nitrogen and oxygen atoms in total. The maximum Gasteiger partial charge on any atom is 0.361 e. The van der Waals surface area contributed by atoms with Gasteiger partial charge >= 0.3 is 11.5 Å². The van der Waals surface area contributed by atoms with Crippen molar-refractivity contribution in [2.24, 2.45) is 0 Å². The van der Waals surface area contributed by atoms with Gasteiger partial charge in [0.2, 0.25) is 0 Å². The van der Waals surface area contributed by atoms with Crippen LogP contribution in [0.3, 0.4) is 0 Å². The van der Waals surface area contributed by atoms with Crippen LogP contribution in [0.4, 0.5) is 0 Å². The molecule has 0 radical (unpaired) electrons. The SMILES string of the molecule is COc1ccc(-c2cc(-c3ccccc3)cc(-c3ccc(Br)cc3)[o+]2)cc1.[O-][Cl+3]([O-])([O-])[O-]. The van der Waals surface area contributed by atoms with Crippen molar-refractivity contribution >= 4 is 15.9 Å². The minimum Gasteiger partial charge on any atom is -0.497 e. The van der Waals surface area contributed by atoms with Crippen LogP contribution < -0.4 is 23.4 Å². The van der Waals surface area contributed by atoms with Gasteiger partial charge in [0.1, 0.15) is 5.75 Å². The van der Waals surface area contributed by atoms with E-state index in [-0.39, 0.29) is 0 Å². The molecule has 164 valence electrons. The third kappa shape index (κ3) is 7.13. The van der Waals surface area contributed by atoms with Gasteiger partial charge in [0, 0.05) is 10.0 Å². The minimum absolute atomic E-state index is 0.817. The molecule has 1 heterocycles. The van der Waals surface area contributed by atoms with Crippen LogP contribution in [0.5, 0.6) is 5.75 Å². The summed E-state index contributed by atoms with van der Waals surface area (Å²) in [7, 11) is -3.28. The van der Waals surface area contributed by atoms with E-state index in [0.29, 0.717) is 0 Å². The summed E-state index contributed by atoms with van der Waals surface area (Å²) in [5.41, 5.74) is 4.31. The van der Waals surface area contributed by atoms with Crippen molar-refractivity contribution in [2.75, 3.05) is 7.11 Å². The largest absolute Gasteiger partial charge is 0.497 e. The normalized spacial score (nSPS) is 10.8. The first-order valence-electron chi connectivity index (χ1n) is 9.28. The van der Waals surface area contributed by atoms with E-state index in [9.17, 15) is 0 Å². The number of halogens is 2. The lowest BCUT2D eigenvalue weighted by Gasteiger charge is -2.17. The number of benzene rings is 3. The van der Waals surface area contributed by atoms with Gasteiger partial charge in [-0.1, -0.05) is 46.3 Å². The van der Waals surface area contributed by atoms with Crippen molar-refractivity contribution < 1.29 is 38.0 Å². The van der Waals surface area contributed by atoms with E-state index in [4.69, 9.17) is 27.8 Å². The Morgan fingerprint density at radius 1 is 0.656 bits per heavy atom. The van der Waals surface area contributed by atoms with Crippen molar-refractivity contribution in [3.05, 3.63) is 95.5 Å². The molecule has 8 heteroatoms. The smallest absolute Gasteiger partial charge is 0.361 e. The van der Waals surface area contributed by atoms with Crippen LogP contribution >= 0.6 is 15.9 Å². The van der Waals surface area contributed by atoms with Crippen LogP contribution in [-0.2, 0) is 0 Å². The molecule has 0 saturated heterocycles. The summed E-state index contributed by atoms with van der Waals surface area (Å²) in [6.07, 6.45) is 0. The lowest BCUT2D eigenvalue weighted by atomic mass is 10.0. The molecule has 0 bridgehead atoms. The lowest BCUT2D eigenvalue weighted by Crippen LogP contribution is -2.68. The van der Waals surface area contributed by atoms with Crippen LogP contribution in [0.25, 0.3) is 33.8 Å². The van der Waals surface area contributed by atoms with Crippen molar-refractivity contribution in [3.63, 3.8) is 0 Å². The topological polar surface area (TPSA) is 113 Å². The van der Waals surface area contributed by atoms with Crippen molar-refractivity contribution in [3.8, 4) is 39.5 Å². The predicted octanol–water partition coefficient (Wildman–Crippen LogP) is 2.58. The number of ether oxygens (including phenoxy) is 1. The summed E-state index contributed by atoms with van der Waals surface area (Å²) in [5, 5.41) is 0. The maximum atomic E-state index is 8.49. The van der Waals surface area contributed by atoms with Gasteiger partial charge in [-0.2, -0.15) is 0 Å². The highest BCUT2D eigenvalue weighted by molar-refractivity contribution is 9.10. The van der Waals surface area contributed by atoms with Gasteiger partial charge in [-0.25, -0.2) is 23.1 Å². The molecular formula is C24H18BrClO6. The first-order valence-corrected chi connectivity index (χ1v) is 11.3. The predicted molar refractivity (Wildman–Crippen MR) is 114 cm³/mol. The van der Waals surface area contributed by atoms with Crippen LogP contribution in [0.1, 0.15) is 0 Å². The lowest BCUT2D eigenvalue weighted by molar-refractivity contribution is -2.00. The van der Waals surface area contributed by atoms with E-state index >= 15 is 0 Å². The fraction of sp³-hybridized carbons (Fsp3) is 0.0417. The van der Waals surface area contributed by atoms with Gasteiger partial charge in [0.15, 0.2) is 0 Å². The zero-order valence-corrected chi connectivity index (χ0v) is 19.2. The standard InChI is InChI=1S/C24H18BrO2.ClHO4/c1-26-22-13-9-19(10-14-22)24-16-20(17-5-3-2-4-6-17)15-23(27-24)18-7-11-21(25)12-8-18;2-1(3,4)5/h2-16H,1H3;(H,2,3,4,5)/q+1;/p-1. The number of methoxy groups -OCH3 is 1. The highest BCUT2D eigenvalue weighted by atomic mass is 79.9. The van der Waals surface area contributed by atoms with E-state index in [1.165, 1.54) is 0 Å². The van der Waals surface area contributed by atoms with E-state index < -0.39 is 10.2 Å². The quantitative estimate of drug-likeness (QED) is 0.385. The molecule has 4 rings (SSSR count). The molecule has 0 amide bonds. The average molecular weight is 518 g/mol. The monoisotopic (exact) mass is 516 g/mol. The van der Waals surface area contributed by atoms with Gasteiger partial charge < -0.3 is 4.74 Å². The fourth-order valence-corrected chi connectivity index (χ4v) is 3.22. The van der Waals surface area contributed by atoms with Crippen molar-refractivity contribution in [1.29, 1.82) is 0 Å². The van der Waals surface area contributed by atoms with E-state index in [1.54, 1.807) is 7.11 Å². The molecule has 4 aromatic rings. The Bertz CT molecular complexity index is 1140. The molecular weight excluding hydrogens is 500 g/mol. The molecule has 0 atom stereocenters. The third-order valence-electron chi connectivity index (χ3n) is 4.40.